The fourth-order valence-corrected chi connectivity index (χ4v) is 3.29. The smallest absolute Gasteiger partial charge is 0.239 e. The van der Waals surface area contributed by atoms with Gasteiger partial charge in [-0.2, -0.15) is 0 Å². The third-order valence-electron chi connectivity index (χ3n) is 2.44. The van der Waals surface area contributed by atoms with Crippen LogP contribution in [0.4, 0.5) is 10.1 Å². The van der Waals surface area contributed by atoms with Crippen LogP contribution in [0.1, 0.15) is 13.8 Å². The highest BCUT2D eigenvalue weighted by Crippen LogP contribution is 2.23. The first-order valence-corrected chi connectivity index (χ1v) is 7.31. The number of hydrogen-bond donors (Lipinski definition) is 0. The molecule has 0 spiro atoms. The molecule has 0 bridgehead atoms. The molecule has 17 heavy (non-hydrogen) atoms. The first-order valence-electron chi connectivity index (χ1n) is 5.27. The Morgan fingerprint density at radius 2 is 2.00 bits per heavy atom. The summed E-state index contributed by atoms with van der Waals surface area (Å²) in [5.41, 5.74) is 0.0620. The van der Waals surface area contributed by atoms with E-state index in [4.69, 9.17) is 11.6 Å². The molecule has 0 radical (unpaired) electrons. The molecule has 1 atom stereocenters. The van der Waals surface area contributed by atoms with E-state index in [1.807, 2.05) is 0 Å². The fraction of sp³-hybridized carbons (Fsp3) is 0.455. The van der Waals surface area contributed by atoms with Crippen molar-refractivity contribution in [2.24, 2.45) is 0 Å². The molecular formula is C11H15ClFNO2S. The van der Waals surface area contributed by atoms with E-state index in [0.29, 0.717) is 0 Å². The number of rotatable bonds is 5. The summed E-state index contributed by atoms with van der Waals surface area (Å²) < 4.78 is 38.9. The molecule has 0 aliphatic heterocycles. The Morgan fingerprint density at radius 1 is 1.41 bits per heavy atom. The minimum absolute atomic E-state index is 0.0205. The summed E-state index contributed by atoms with van der Waals surface area (Å²) in [6.07, 6.45) is 0. The molecule has 6 heteroatoms. The zero-order chi connectivity index (χ0) is 13.1. The number of alkyl halides is 1. The molecule has 0 heterocycles. The van der Waals surface area contributed by atoms with Crippen molar-refractivity contribution in [2.75, 3.05) is 16.7 Å². The third kappa shape index (κ3) is 2.90. The highest BCUT2D eigenvalue weighted by molar-refractivity contribution is 7.93. The van der Waals surface area contributed by atoms with Crippen LogP contribution in [0.2, 0.25) is 0 Å². The number of hydrogen-bond acceptors (Lipinski definition) is 2. The first kappa shape index (κ1) is 14.3. The Hall–Kier alpha value is -0.810. The largest absolute Gasteiger partial charge is 0.267 e. The topological polar surface area (TPSA) is 37.4 Å². The molecule has 0 aliphatic rings. The molecule has 0 fully saturated rings. The van der Waals surface area contributed by atoms with Gasteiger partial charge in [-0.1, -0.05) is 12.1 Å². The van der Waals surface area contributed by atoms with Gasteiger partial charge in [0, 0.05) is 12.4 Å². The summed E-state index contributed by atoms with van der Waals surface area (Å²) in [6.45, 7) is 3.33. The van der Waals surface area contributed by atoms with Gasteiger partial charge in [-0.25, -0.2) is 12.8 Å². The number of halogens is 2. The van der Waals surface area contributed by atoms with E-state index in [-0.39, 0.29) is 18.1 Å². The quantitative estimate of drug-likeness (QED) is 0.777. The van der Waals surface area contributed by atoms with Crippen molar-refractivity contribution in [3.05, 3.63) is 30.1 Å². The number of para-hydroxylation sites is 1. The van der Waals surface area contributed by atoms with Crippen molar-refractivity contribution >= 4 is 27.3 Å². The standard InChI is InChI=1S/C11H15ClFNO2S/c1-3-14(17(15,16)9(2)8-12)11-7-5-4-6-10(11)13/h4-7,9H,3,8H2,1-2H3. The lowest BCUT2D eigenvalue weighted by atomic mass is 10.3. The second kappa shape index (κ2) is 5.69. The highest BCUT2D eigenvalue weighted by atomic mass is 35.5. The molecule has 0 N–H and O–H groups in total. The van der Waals surface area contributed by atoms with Crippen LogP contribution in [0.3, 0.4) is 0 Å². The normalized spacial score (nSPS) is 13.4. The molecule has 0 aromatic heterocycles. The molecule has 0 saturated heterocycles. The maximum Gasteiger partial charge on any atom is 0.239 e. The Bertz CT molecular complexity index is 478. The van der Waals surface area contributed by atoms with Crippen molar-refractivity contribution in [2.45, 2.75) is 19.1 Å². The van der Waals surface area contributed by atoms with Crippen molar-refractivity contribution in [1.82, 2.24) is 0 Å². The highest BCUT2D eigenvalue weighted by Gasteiger charge is 2.28. The third-order valence-corrected chi connectivity index (χ3v) is 5.34. The van der Waals surface area contributed by atoms with Crippen LogP contribution in [0.5, 0.6) is 0 Å². The van der Waals surface area contributed by atoms with E-state index in [0.717, 1.165) is 4.31 Å². The molecule has 0 saturated carbocycles. The summed E-state index contributed by atoms with van der Waals surface area (Å²) in [5.74, 6) is -0.576. The van der Waals surface area contributed by atoms with Crippen molar-refractivity contribution < 1.29 is 12.8 Å². The Labute approximate surface area is 106 Å². The van der Waals surface area contributed by atoms with Gasteiger partial charge < -0.3 is 0 Å². The molecule has 1 rings (SSSR count). The first-order chi connectivity index (χ1) is 7.95. The second-order valence-corrected chi connectivity index (χ2v) is 6.21. The molecule has 3 nitrogen and oxygen atoms in total. The van der Waals surface area contributed by atoms with Crippen LogP contribution < -0.4 is 4.31 Å². The fourth-order valence-electron chi connectivity index (χ4n) is 1.44. The van der Waals surface area contributed by atoms with Gasteiger partial charge in [-0.3, -0.25) is 4.31 Å². The van der Waals surface area contributed by atoms with Crippen LogP contribution in [0.15, 0.2) is 24.3 Å². The number of anilines is 1. The van der Waals surface area contributed by atoms with Gasteiger partial charge in [0.25, 0.3) is 0 Å². The maximum absolute atomic E-state index is 13.6. The predicted molar refractivity (Wildman–Crippen MR) is 68.5 cm³/mol. The van der Waals surface area contributed by atoms with E-state index >= 15 is 0 Å². The average molecular weight is 280 g/mol. The summed E-state index contributed by atoms with van der Waals surface area (Å²) in [4.78, 5) is 0. The molecular weight excluding hydrogens is 265 g/mol. The molecule has 1 aromatic rings. The Morgan fingerprint density at radius 3 is 2.47 bits per heavy atom. The van der Waals surface area contributed by atoms with E-state index in [9.17, 15) is 12.8 Å². The number of sulfonamides is 1. The van der Waals surface area contributed by atoms with Crippen LogP contribution in [-0.4, -0.2) is 26.1 Å². The Balaban J connectivity index is 3.22. The molecule has 96 valence electrons. The minimum atomic E-state index is -3.62. The maximum atomic E-state index is 13.6. The SMILES string of the molecule is CCN(c1ccccc1F)S(=O)(=O)C(C)CCl. The lowest BCUT2D eigenvalue weighted by Crippen LogP contribution is -2.38. The van der Waals surface area contributed by atoms with Crippen molar-refractivity contribution in [1.29, 1.82) is 0 Å². The van der Waals surface area contributed by atoms with E-state index < -0.39 is 21.1 Å². The van der Waals surface area contributed by atoms with Gasteiger partial charge in [-0.15, -0.1) is 11.6 Å². The lowest BCUT2D eigenvalue weighted by molar-refractivity contribution is 0.579. The molecule has 0 aliphatic carbocycles. The molecule has 1 unspecified atom stereocenters. The van der Waals surface area contributed by atoms with Gasteiger partial charge in [0.1, 0.15) is 5.82 Å². The minimum Gasteiger partial charge on any atom is -0.267 e. The zero-order valence-corrected chi connectivity index (χ0v) is 11.3. The second-order valence-electron chi connectivity index (χ2n) is 3.63. The number of benzene rings is 1. The molecule has 0 amide bonds. The zero-order valence-electron chi connectivity index (χ0n) is 9.73. The van der Waals surface area contributed by atoms with Crippen LogP contribution in [-0.2, 0) is 10.0 Å². The predicted octanol–water partition coefficient (Wildman–Crippen LogP) is 2.61. The lowest BCUT2D eigenvalue weighted by Gasteiger charge is -2.25. The van der Waals surface area contributed by atoms with Crippen LogP contribution in [0.25, 0.3) is 0 Å². The summed E-state index contributed by atoms with van der Waals surface area (Å²) in [7, 11) is -3.62. The van der Waals surface area contributed by atoms with Crippen molar-refractivity contribution in [3.63, 3.8) is 0 Å². The van der Waals surface area contributed by atoms with Gasteiger partial charge in [-0.05, 0) is 26.0 Å². The summed E-state index contributed by atoms with van der Waals surface area (Å²) in [6, 6.07) is 5.79. The van der Waals surface area contributed by atoms with E-state index in [1.165, 1.54) is 25.1 Å². The van der Waals surface area contributed by atoms with E-state index in [1.54, 1.807) is 13.0 Å². The Kier molecular flexibility index (Phi) is 4.77. The number of nitrogens with zero attached hydrogens (tertiary/aromatic N) is 1. The monoisotopic (exact) mass is 279 g/mol. The van der Waals surface area contributed by atoms with E-state index in [2.05, 4.69) is 0 Å². The van der Waals surface area contributed by atoms with Gasteiger partial charge in [0.2, 0.25) is 10.0 Å². The van der Waals surface area contributed by atoms with Gasteiger partial charge in [0.15, 0.2) is 0 Å². The molecule has 1 aromatic carbocycles. The van der Waals surface area contributed by atoms with Gasteiger partial charge >= 0.3 is 0 Å². The van der Waals surface area contributed by atoms with Gasteiger partial charge in [0.05, 0.1) is 10.9 Å². The van der Waals surface area contributed by atoms with Crippen LogP contribution >= 0.6 is 11.6 Å². The average Bonchev–Trinajstić information content (AvgIpc) is 2.31. The summed E-state index contributed by atoms with van der Waals surface area (Å²) in [5, 5.41) is -0.747. The summed E-state index contributed by atoms with van der Waals surface area (Å²) >= 11 is 5.57. The van der Waals surface area contributed by atoms with Crippen LogP contribution in [0, 0.1) is 5.82 Å². The van der Waals surface area contributed by atoms with Crippen molar-refractivity contribution in [3.8, 4) is 0 Å².